The summed E-state index contributed by atoms with van der Waals surface area (Å²) in [7, 11) is 0. The summed E-state index contributed by atoms with van der Waals surface area (Å²) in [5.41, 5.74) is 0.411. The molecule has 0 radical (unpaired) electrons. The zero-order valence-corrected chi connectivity index (χ0v) is 11.4. The fraction of sp³-hybridized carbons (Fsp3) is 0.467. The van der Waals surface area contributed by atoms with Crippen LogP contribution < -0.4 is 0 Å². The number of hydrogen-bond donors (Lipinski definition) is 1. The van der Waals surface area contributed by atoms with Crippen LogP contribution in [0, 0.1) is 5.41 Å². The third-order valence-corrected chi connectivity index (χ3v) is 4.32. The molecule has 4 heteroatoms. The van der Waals surface area contributed by atoms with Crippen LogP contribution in [-0.4, -0.2) is 16.9 Å². The summed E-state index contributed by atoms with van der Waals surface area (Å²) in [5.74, 6) is -0.660. The summed E-state index contributed by atoms with van der Waals surface area (Å²) in [6.45, 7) is 0. The molecule has 1 N–H and O–H groups in total. The van der Waals surface area contributed by atoms with Gasteiger partial charge in [0.25, 0.3) is 0 Å². The smallest absolute Gasteiger partial charge is 0.303 e. The molecule has 1 atom stereocenters. The molecule has 1 aromatic carbocycles. The number of carbonyl (C=O) groups excluding carboxylic acids is 1. The molecule has 102 valence electrons. The molecule has 1 unspecified atom stereocenters. The van der Waals surface area contributed by atoms with Crippen LogP contribution in [0.2, 0.25) is 5.02 Å². The van der Waals surface area contributed by atoms with Gasteiger partial charge in [-0.3, -0.25) is 9.59 Å². The Labute approximate surface area is 117 Å². The first-order valence-corrected chi connectivity index (χ1v) is 6.90. The SMILES string of the molecule is O=C(O)CCC1(Cc2ccccc2Cl)CCCC1=O. The van der Waals surface area contributed by atoms with Gasteiger partial charge in [0.15, 0.2) is 0 Å². The average molecular weight is 281 g/mol. The zero-order chi connectivity index (χ0) is 13.9. The molecular formula is C15H17ClO3. The normalized spacial score (nSPS) is 22.7. The van der Waals surface area contributed by atoms with Crippen molar-refractivity contribution in [1.82, 2.24) is 0 Å². The molecule has 2 rings (SSSR count). The first-order valence-electron chi connectivity index (χ1n) is 6.52. The van der Waals surface area contributed by atoms with Gasteiger partial charge in [-0.25, -0.2) is 0 Å². The molecule has 19 heavy (non-hydrogen) atoms. The first kappa shape index (κ1) is 14.1. The van der Waals surface area contributed by atoms with E-state index >= 15 is 0 Å². The summed E-state index contributed by atoms with van der Waals surface area (Å²) >= 11 is 6.15. The van der Waals surface area contributed by atoms with E-state index in [1.54, 1.807) is 6.07 Å². The van der Waals surface area contributed by atoms with Gasteiger partial charge in [0.05, 0.1) is 0 Å². The minimum Gasteiger partial charge on any atom is -0.481 e. The maximum atomic E-state index is 12.2. The van der Waals surface area contributed by atoms with Gasteiger partial charge >= 0.3 is 5.97 Å². The van der Waals surface area contributed by atoms with Gasteiger partial charge in [-0.15, -0.1) is 0 Å². The highest BCUT2D eigenvalue weighted by atomic mass is 35.5. The maximum Gasteiger partial charge on any atom is 0.303 e. The summed E-state index contributed by atoms with van der Waals surface area (Å²) in [6.07, 6.45) is 3.18. The lowest BCUT2D eigenvalue weighted by Crippen LogP contribution is -2.29. The van der Waals surface area contributed by atoms with Crippen LogP contribution in [0.4, 0.5) is 0 Å². The van der Waals surface area contributed by atoms with E-state index < -0.39 is 11.4 Å². The molecule has 0 bridgehead atoms. The van der Waals surface area contributed by atoms with Crippen molar-refractivity contribution in [3.8, 4) is 0 Å². The van der Waals surface area contributed by atoms with Crippen molar-refractivity contribution < 1.29 is 14.7 Å². The number of carboxylic acids is 1. The van der Waals surface area contributed by atoms with E-state index in [4.69, 9.17) is 16.7 Å². The second-order valence-corrected chi connectivity index (χ2v) is 5.63. The van der Waals surface area contributed by atoms with E-state index in [2.05, 4.69) is 0 Å². The summed E-state index contributed by atoms with van der Waals surface area (Å²) in [4.78, 5) is 23.0. The van der Waals surface area contributed by atoms with E-state index in [0.29, 0.717) is 24.3 Å². The van der Waals surface area contributed by atoms with Crippen LogP contribution in [0.1, 0.15) is 37.7 Å². The highest BCUT2D eigenvalue weighted by Gasteiger charge is 2.42. The Balaban J connectivity index is 2.21. The van der Waals surface area contributed by atoms with Crippen molar-refractivity contribution >= 4 is 23.4 Å². The molecule has 1 aliphatic rings. The lowest BCUT2D eigenvalue weighted by Gasteiger charge is -2.27. The highest BCUT2D eigenvalue weighted by molar-refractivity contribution is 6.31. The quantitative estimate of drug-likeness (QED) is 0.898. The van der Waals surface area contributed by atoms with Crippen molar-refractivity contribution in [2.45, 2.75) is 38.5 Å². The Hall–Kier alpha value is -1.35. The van der Waals surface area contributed by atoms with Crippen LogP contribution >= 0.6 is 11.6 Å². The number of carboxylic acid groups (broad SMARTS) is 1. The molecule has 0 aliphatic heterocycles. The molecule has 0 amide bonds. The van der Waals surface area contributed by atoms with Crippen molar-refractivity contribution in [3.63, 3.8) is 0 Å². The fourth-order valence-electron chi connectivity index (χ4n) is 2.88. The molecule has 0 heterocycles. The Morgan fingerprint density at radius 1 is 1.37 bits per heavy atom. The molecule has 3 nitrogen and oxygen atoms in total. The third kappa shape index (κ3) is 3.16. The number of Topliss-reactive ketones (excluding diaryl/α,β-unsaturated/α-hetero) is 1. The molecule has 0 spiro atoms. The lowest BCUT2D eigenvalue weighted by molar-refractivity contribution is -0.138. The molecule has 1 saturated carbocycles. The largest absolute Gasteiger partial charge is 0.481 e. The minimum atomic E-state index is -0.849. The second-order valence-electron chi connectivity index (χ2n) is 5.22. The molecular weight excluding hydrogens is 264 g/mol. The molecule has 1 aromatic rings. The van der Waals surface area contributed by atoms with Gasteiger partial charge in [0.1, 0.15) is 5.78 Å². The fourth-order valence-corrected chi connectivity index (χ4v) is 3.09. The van der Waals surface area contributed by atoms with Crippen LogP contribution in [0.3, 0.4) is 0 Å². The summed E-state index contributed by atoms with van der Waals surface area (Å²) < 4.78 is 0. The number of ketones is 1. The number of benzene rings is 1. The number of carbonyl (C=O) groups is 2. The van der Waals surface area contributed by atoms with Gasteiger partial charge < -0.3 is 5.11 Å². The predicted molar refractivity (Wildman–Crippen MR) is 73.3 cm³/mol. The van der Waals surface area contributed by atoms with Gasteiger partial charge in [-0.1, -0.05) is 29.8 Å². The van der Waals surface area contributed by atoms with Crippen molar-refractivity contribution in [1.29, 1.82) is 0 Å². The third-order valence-electron chi connectivity index (χ3n) is 3.95. The zero-order valence-electron chi connectivity index (χ0n) is 10.7. The van der Waals surface area contributed by atoms with Crippen LogP contribution in [0.25, 0.3) is 0 Å². The van der Waals surface area contributed by atoms with Gasteiger partial charge in [-0.2, -0.15) is 0 Å². The molecule has 1 aliphatic carbocycles. The van der Waals surface area contributed by atoms with E-state index in [1.807, 2.05) is 18.2 Å². The van der Waals surface area contributed by atoms with E-state index in [0.717, 1.165) is 18.4 Å². The summed E-state index contributed by atoms with van der Waals surface area (Å²) in [6, 6.07) is 7.47. The standard InChI is InChI=1S/C15H17ClO3/c16-12-5-2-1-4-11(12)10-15(9-7-14(18)19)8-3-6-13(15)17/h1-2,4-5H,3,6-10H2,(H,18,19). The van der Waals surface area contributed by atoms with E-state index in [9.17, 15) is 9.59 Å². The van der Waals surface area contributed by atoms with Gasteiger partial charge in [0.2, 0.25) is 0 Å². The van der Waals surface area contributed by atoms with Crippen molar-refractivity contribution in [3.05, 3.63) is 34.9 Å². The van der Waals surface area contributed by atoms with Crippen LogP contribution in [-0.2, 0) is 16.0 Å². The van der Waals surface area contributed by atoms with Gasteiger partial charge in [0, 0.05) is 23.3 Å². The highest BCUT2D eigenvalue weighted by Crippen LogP contribution is 2.42. The first-order chi connectivity index (χ1) is 9.03. The topological polar surface area (TPSA) is 54.4 Å². The van der Waals surface area contributed by atoms with Crippen LogP contribution in [0.5, 0.6) is 0 Å². The predicted octanol–water partition coefficient (Wildman–Crippen LogP) is 3.49. The number of halogens is 1. The van der Waals surface area contributed by atoms with Crippen molar-refractivity contribution in [2.24, 2.45) is 5.41 Å². The number of aliphatic carboxylic acids is 1. The van der Waals surface area contributed by atoms with Crippen LogP contribution in [0.15, 0.2) is 24.3 Å². The Bertz CT molecular complexity index is 498. The second kappa shape index (κ2) is 5.74. The molecule has 1 fully saturated rings. The minimum absolute atomic E-state index is 0.0379. The monoisotopic (exact) mass is 280 g/mol. The average Bonchev–Trinajstić information content (AvgIpc) is 2.72. The van der Waals surface area contributed by atoms with E-state index in [-0.39, 0.29) is 12.2 Å². The van der Waals surface area contributed by atoms with E-state index in [1.165, 1.54) is 0 Å². The Morgan fingerprint density at radius 2 is 2.11 bits per heavy atom. The Kier molecular flexibility index (Phi) is 4.25. The molecule has 0 aromatic heterocycles. The maximum absolute atomic E-state index is 12.2. The lowest BCUT2D eigenvalue weighted by atomic mass is 9.75. The van der Waals surface area contributed by atoms with Gasteiger partial charge in [-0.05, 0) is 37.3 Å². The number of rotatable bonds is 5. The molecule has 0 saturated heterocycles. The van der Waals surface area contributed by atoms with Crippen molar-refractivity contribution in [2.75, 3.05) is 0 Å². The Morgan fingerprint density at radius 3 is 2.68 bits per heavy atom. The number of hydrogen-bond acceptors (Lipinski definition) is 2. The summed E-state index contributed by atoms with van der Waals surface area (Å²) in [5, 5.41) is 9.51.